The van der Waals surface area contributed by atoms with Crippen LogP contribution in [0.4, 0.5) is 4.39 Å². The van der Waals surface area contributed by atoms with Gasteiger partial charge in [0.1, 0.15) is 11.6 Å². The molecule has 1 aromatic heterocycles. The van der Waals surface area contributed by atoms with E-state index in [9.17, 15) is 4.39 Å². The van der Waals surface area contributed by atoms with Crippen LogP contribution >= 0.6 is 0 Å². The molecule has 94 valence electrons. The third kappa shape index (κ3) is 3.34. The van der Waals surface area contributed by atoms with Crippen molar-refractivity contribution in [3.63, 3.8) is 0 Å². The van der Waals surface area contributed by atoms with Crippen LogP contribution in [0.25, 0.3) is 0 Å². The van der Waals surface area contributed by atoms with Gasteiger partial charge < -0.3 is 5.32 Å². The summed E-state index contributed by atoms with van der Waals surface area (Å²) in [7, 11) is 0. The predicted octanol–water partition coefficient (Wildman–Crippen LogP) is 2.52. The molecule has 1 N–H and O–H groups in total. The van der Waals surface area contributed by atoms with Crippen molar-refractivity contribution in [2.45, 2.75) is 26.9 Å². The number of benzene rings is 1. The Bertz CT molecular complexity index is 540. The number of aromatic nitrogens is 2. The maximum absolute atomic E-state index is 13.3. The maximum Gasteiger partial charge on any atom is 0.126 e. The molecule has 0 amide bonds. The second-order valence-electron chi connectivity index (χ2n) is 4.28. The molecule has 0 spiro atoms. The van der Waals surface area contributed by atoms with Crippen molar-refractivity contribution in [1.82, 2.24) is 15.3 Å². The van der Waals surface area contributed by atoms with Crippen molar-refractivity contribution in [2.24, 2.45) is 0 Å². The van der Waals surface area contributed by atoms with Crippen molar-refractivity contribution in [2.75, 3.05) is 0 Å². The van der Waals surface area contributed by atoms with Gasteiger partial charge in [-0.2, -0.15) is 0 Å². The van der Waals surface area contributed by atoms with Crippen molar-refractivity contribution >= 4 is 0 Å². The van der Waals surface area contributed by atoms with Crippen molar-refractivity contribution in [3.05, 3.63) is 58.9 Å². The van der Waals surface area contributed by atoms with Gasteiger partial charge in [-0.15, -0.1) is 0 Å². The highest BCUT2D eigenvalue weighted by molar-refractivity contribution is 5.23. The van der Waals surface area contributed by atoms with E-state index in [4.69, 9.17) is 0 Å². The molecule has 1 aromatic carbocycles. The fourth-order valence-corrected chi connectivity index (χ4v) is 1.68. The standard InChI is InChI=1S/C14H16FN3/c1-10-3-4-12(7-14(10)15)8-16-9-13-5-6-17-11(2)18-13/h3-7,16H,8-9H2,1-2H3. The predicted molar refractivity (Wildman–Crippen MR) is 68.4 cm³/mol. The van der Waals surface area contributed by atoms with Crippen molar-refractivity contribution < 1.29 is 4.39 Å². The number of hydrogen-bond acceptors (Lipinski definition) is 3. The Morgan fingerprint density at radius 1 is 1.17 bits per heavy atom. The summed E-state index contributed by atoms with van der Waals surface area (Å²) in [6, 6.07) is 7.15. The minimum absolute atomic E-state index is 0.160. The van der Waals surface area contributed by atoms with Gasteiger partial charge in [-0.05, 0) is 37.1 Å². The maximum atomic E-state index is 13.3. The highest BCUT2D eigenvalue weighted by atomic mass is 19.1. The van der Waals surface area contributed by atoms with Crippen LogP contribution in [-0.2, 0) is 13.1 Å². The smallest absolute Gasteiger partial charge is 0.126 e. The lowest BCUT2D eigenvalue weighted by molar-refractivity contribution is 0.610. The lowest BCUT2D eigenvalue weighted by atomic mass is 10.1. The van der Waals surface area contributed by atoms with Gasteiger partial charge in [0.05, 0.1) is 5.69 Å². The molecule has 0 fully saturated rings. The van der Waals surface area contributed by atoms with E-state index in [0.29, 0.717) is 18.7 Å². The van der Waals surface area contributed by atoms with Gasteiger partial charge in [-0.25, -0.2) is 14.4 Å². The summed E-state index contributed by atoms with van der Waals surface area (Å²) in [6.45, 7) is 4.90. The Morgan fingerprint density at radius 3 is 2.72 bits per heavy atom. The molecule has 1 heterocycles. The van der Waals surface area contributed by atoms with E-state index in [-0.39, 0.29) is 5.82 Å². The Balaban J connectivity index is 1.90. The molecule has 3 nitrogen and oxygen atoms in total. The van der Waals surface area contributed by atoms with Crippen molar-refractivity contribution in [3.8, 4) is 0 Å². The van der Waals surface area contributed by atoms with Gasteiger partial charge in [0.25, 0.3) is 0 Å². The van der Waals surface area contributed by atoms with Crippen molar-refractivity contribution in [1.29, 1.82) is 0 Å². The summed E-state index contributed by atoms with van der Waals surface area (Å²) in [5.74, 6) is 0.600. The monoisotopic (exact) mass is 245 g/mol. The lowest BCUT2D eigenvalue weighted by Gasteiger charge is -2.06. The van der Waals surface area contributed by atoms with Gasteiger partial charge >= 0.3 is 0 Å². The highest BCUT2D eigenvalue weighted by Crippen LogP contribution is 2.09. The summed E-state index contributed by atoms with van der Waals surface area (Å²) in [4.78, 5) is 8.33. The normalized spacial score (nSPS) is 10.6. The van der Waals surface area contributed by atoms with E-state index in [1.165, 1.54) is 0 Å². The molecule has 4 heteroatoms. The van der Waals surface area contributed by atoms with Crippen LogP contribution in [0.15, 0.2) is 30.5 Å². The van der Waals surface area contributed by atoms with Gasteiger partial charge in [-0.1, -0.05) is 12.1 Å². The fourth-order valence-electron chi connectivity index (χ4n) is 1.68. The Kier molecular flexibility index (Phi) is 3.99. The first kappa shape index (κ1) is 12.6. The Hall–Kier alpha value is -1.81. The molecule has 2 rings (SSSR count). The average molecular weight is 245 g/mol. The molecule has 2 aromatic rings. The summed E-state index contributed by atoms with van der Waals surface area (Å²) in [6.07, 6.45) is 1.74. The number of halogens is 1. The van der Waals surface area contributed by atoms with Gasteiger partial charge in [0.2, 0.25) is 0 Å². The van der Waals surface area contributed by atoms with Gasteiger partial charge in [0.15, 0.2) is 0 Å². The molecule has 0 saturated heterocycles. The minimum Gasteiger partial charge on any atom is -0.307 e. The molecule has 0 bridgehead atoms. The number of hydrogen-bond donors (Lipinski definition) is 1. The molecule has 18 heavy (non-hydrogen) atoms. The Morgan fingerprint density at radius 2 is 2.00 bits per heavy atom. The summed E-state index contributed by atoms with van der Waals surface area (Å²) in [5.41, 5.74) is 2.55. The first-order valence-electron chi connectivity index (χ1n) is 5.89. The number of rotatable bonds is 4. The summed E-state index contributed by atoms with van der Waals surface area (Å²) < 4.78 is 13.3. The van der Waals surface area contributed by atoms with Crippen LogP contribution in [0.1, 0.15) is 22.6 Å². The molecule has 0 aliphatic carbocycles. The molecule has 0 radical (unpaired) electrons. The largest absolute Gasteiger partial charge is 0.307 e. The zero-order valence-corrected chi connectivity index (χ0v) is 10.6. The number of nitrogens with one attached hydrogen (secondary N) is 1. The van der Waals surface area contributed by atoms with Crippen LogP contribution in [0.5, 0.6) is 0 Å². The lowest BCUT2D eigenvalue weighted by Crippen LogP contribution is -2.14. The zero-order chi connectivity index (χ0) is 13.0. The SMILES string of the molecule is Cc1nccc(CNCc2ccc(C)c(F)c2)n1. The fraction of sp³-hybridized carbons (Fsp3) is 0.286. The molecular formula is C14H16FN3. The summed E-state index contributed by atoms with van der Waals surface area (Å²) >= 11 is 0. The van der Waals surface area contributed by atoms with E-state index >= 15 is 0 Å². The number of aryl methyl sites for hydroxylation is 2. The first-order chi connectivity index (χ1) is 8.65. The third-order valence-corrected chi connectivity index (χ3v) is 2.71. The number of nitrogens with zero attached hydrogens (tertiary/aromatic N) is 2. The van der Waals surface area contributed by atoms with E-state index < -0.39 is 0 Å². The van der Waals surface area contributed by atoms with Crippen LogP contribution in [-0.4, -0.2) is 9.97 Å². The highest BCUT2D eigenvalue weighted by Gasteiger charge is 2.00. The quantitative estimate of drug-likeness (QED) is 0.899. The Labute approximate surface area is 106 Å². The van der Waals surface area contributed by atoms with Crippen LogP contribution in [0, 0.1) is 19.7 Å². The van der Waals surface area contributed by atoms with E-state index in [1.807, 2.05) is 19.1 Å². The van der Waals surface area contributed by atoms with Crippen LogP contribution < -0.4 is 5.32 Å². The van der Waals surface area contributed by atoms with E-state index in [1.54, 1.807) is 25.3 Å². The van der Waals surface area contributed by atoms with Gasteiger partial charge in [0, 0.05) is 19.3 Å². The minimum atomic E-state index is -0.160. The molecule has 0 aliphatic rings. The molecule has 0 unspecified atom stereocenters. The topological polar surface area (TPSA) is 37.8 Å². The molecule has 0 atom stereocenters. The molecular weight excluding hydrogens is 229 g/mol. The van der Waals surface area contributed by atoms with Gasteiger partial charge in [-0.3, -0.25) is 0 Å². The average Bonchev–Trinajstić information content (AvgIpc) is 2.34. The third-order valence-electron chi connectivity index (χ3n) is 2.71. The van der Waals surface area contributed by atoms with Crippen LogP contribution in [0.3, 0.4) is 0 Å². The van der Waals surface area contributed by atoms with Crippen LogP contribution in [0.2, 0.25) is 0 Å². The zero-order valence-electron chi connectivity index (χ0n) is 10.6. The second kappa shape index (κ2) is 5.69. The summed E-state index contributed by atoms with van der Waals surface area (Å²) in [5, 5.41) is 3.23. The second-order valence-corrected chi connectivity index (χ2v) is 4.28. The molecule has 0 aliphatic heterocycles. The molecule has 0 saturated carbocycles. The first-order valence-corrected chi connectivity index (χ1v) is 5.89. The van der Waals surface area contributed by atoms with E-state index in [0.717, 1.165) is 17.1 Å². The van der Waals surface area contributed by atoms with E-state index in [2.05, 4.69) is 15.3 Å².